The first-order valence-electron chi connectivity index (χ1n) is 12.2. The fourth-order valence-electron chi connectivity index (χ4n) is 5.75. The lowest BCUT2D eigenvalue weighted by atomic mass is 9.63. The predicted molar refractivity (Wildman–Crippen MR) is 158 cm³/mol. The van der Waals surface area contributed by atoms with Gasteiger partial charge in [0.2, 0.25) is 0 Å². The molecule has 0 saturated carbocycles. The van der Waals surface area contributed by atoms with Crippen LogP contribution < -0.4 is 5.32 Å². The number of aryl methyl sites for hydroxylation is 1. The molecule has 4 aromatic carbocycles. The molecule has 4 heteroatoms. The Morgan fingerprint density at radius 3 is 1.72 bits per heavy atom. The maximum atomic E-state index is 5.90. The number of rotatable bonds is 4. The molecule has 5 aromatic rings. The van der Waals surface area contributed by atoms with Crippen molar-refractivity contribution in [2.24, 2.45) is 0 Å². The van der Waals surface area contributed by atoms with Crippen LogP contribution in [0, 0.1) is 10.7 Å². The number of anilines is 1. The maximum Gasteiger partial charge on any atom is 0.110 e. The molecule has 1 aliphatic rings. The van der Waals surface area contributed by atoms with Crippen molar-refractivity contribution in [1.82, 2.24) is 0 Å². The van der Waals surface area contributed by atoms with Gasteiger partial charge in [-0.2, -0.15) is 0 Å². The van der Waals surface area contributed by atoms with Gasteiger partial charge >= 0.3 is 0 Å². The zero-order valence-electron chi connectivity index (χ0n) is 20.5. The zero-order valence-corrected chi connectivity index (χ0v) is 23.0. The van der Waals surface area contributed by atoms with E-state index in [4.69, 9.17) is 12.2 Å². The highest BCUT2D eigenvalue weighted by Crippen LogP contribution is 2.53. The first kappa shape index (κ1) is 23.4. The molecule has 36 heavy (non-hydrogen) atoms. The van der Waals surface area contributed by atoms with Crippen molar-refractivity contribution in [2.45, 2.75) is 31.7 Å². The molecule has 0 spiro atoms. The summed E-state index contributed by atoms with van der Waals surface area (Å²) in [7, 11) is 3.51. The van der Waals surface area contributed by atoms with Crippen LogP contribution in [0.1, 0.15) is 46.5 Å². The second kappa shape index (κ2) is 8.81. The minimum atomic E-state index is -0.475. The first-order chi connectivity index (χ1) is 17.4. The highest BCUT2D eigenvalue weighted by Gasteiger charge is 2.41. The third-order valence-corrected chi connectivity index (χ3v) is 10.6. The van der Waals surface area contributed by atoms with Crippen molar-refractivity contribution in [3.05, 3.63) is 140 Å². The molecule has 178 valence electrons. The van der Waals surface area contributed by atoms with Gasteiger partial charge in [-0.1, -0.05) is 124 Å². The number of benzene rings is 4. The summed E-state index contributed by atoms with van der Waals surface area (Å²) in [6, 6.07) is 37.5. The highest BCUT2D eigenvalue weighted by molar-refractivity contribution is 7.80. The number of hydrogen-bond acceptors (Lipinski definition) is 4. The van der Waals surface area contributed by atoms with Gasteiger partial charge in [-0.25, -0.2) is 0 Å². The molecule has 0 unspecified atom stereocenters. The quantitative estimate of drug-likeness (QED) is 0.144. The van der Waals surface area contributed by atoms with Crippen LogP contribution in [-0.4, -0.2) is 0 Å². The normalized spacial score (nSPS) is 14.0. The van der Waals surface area contributed by atoms with Crippen molar-refractivity contribution in [3.63, 3.8) is 0 Å². The van der Waals surface area contributed by atoms with E-state index >= 15 is 0 Å². The Morgan fingerprint density at radius 1 is 0.722 bits per heavy atom. The van der Waals surface area contributed by atoms with E-state index in [0.29, 0.717) is 0 Å². The predicted octanol–water partition coefficient (Wildman–Crippen LogP) is 9.56. The largest absolute Gasteiger partial charge is 0.375 e. The molecule has 0 radical (unpaired) electrons. The third-order valence-electron chi connectivity index (χ3n) is 7.30. The Labute approximate surface area is 225 Å². The molecule has 1 nitrogen and oxygen atoms in total. The van der Waals surface area contributed by atoms with E-state index in [9.17, 15) is 0 Å². The highest BCUT2D eigenvalue weighted by atomic mass is 32.9. The Morgan fingerprint density at radius 2 is 1.22 bits per heavy atom. The summed E-state index contributed by atoms with van der Waals surface area (Å²) in [5.41, 5.74) is 9.26. The van der Waals surface area contributed by atoms with Crippen LogP contribution in [-0.2, 0) is 11.0 Å². The summed E-state index contributed by atoms with van der Waals surface area (Å²) < 4.78 is 0.977. The standard InChI is InChI=1S/C32H27NS3/c1-21-19-27-25(28-29(31(2,3)33-27)35-36-30(28)34)20-26(21)32(22-13-7-4-8-14-22,23-15-9-5-10-16-23)24-17-11-6-12-18-24/h4-20,33H,1-3H3. The van der Waals surface area contributed by atoms with E-state index in [0.717, 1.165) is 9.51 Å². The van der Waals surface area contributed by atoms with E-state index < -0.39 is 5.41 Å². The zero-order chi connectivity index (χ0) is 24.9. The molecule has 0 atom stereocenters. The topological polar surface area (TPSA) is 12.0 Å². The summed E-state index contributed by atoms with van der Waals surface area (Å²) in [4.78, 5) is 1.32. The van der Waals surface area contributed by atoms with E-state index in [1.807, 2.05) is 0 Å². The van der Waals surface area contributed by atoms with E-state index in [1.165, 1.54) is 43.8 Å². The fraction of sp³-hybridized carbons (Fsp3) is 0.156. The van der Waals surface area contributed by atoms with Crippen molar-refractivity contribution in [1.29, 1.82) is 0 Å². The van der Waals surface area contributed by atoms with Crippen molar-refractivity contribution < 1.29 is 0 Å². The third kappa shape index (κ3) is 3.51. The second-order valence-electron chi connectivity index (χ2n) is 9.97. The van der Waals surface area contributed by atoms with Crippen LogP contribution in [0.25, 0.3) is 11.1 Å². The molecule has 2 heterocycles. The molecule has 6 rings (SSSR count). The van der Waals surface area contributed by atoms with Gasteiger partial charge in [-0.15, -0.1) is 0 Å². The molecule has 0 aliphatic carbocycles. The van der Waals surface area contributed by atoms with Crippen LogP contribution >= 0.6 is 32.9 Å². The molecule has 1 aliphatic heterocycles. The van der Waals surface area contributed by atoms with Gasteiger partial charge in [0.25, 0.3) is 0 Å². The fourth-order valence-corrected chi connectivity index (χ4v) is 9.01. The smallest absolute Gasteiger partial charge is 0.110 e. The van der Waals surface area contributed by atoms with Gasteiger partial charge in [-0.05, 0) is 60.7 Å². The Bertz CT molecular complexity index is 1500. The van der Waals surface area contributed by atoms with E-state index in [2.05, 4.69) is 129 Å². The first-order valence-corrected chi connectivity index (χ1v) is 14.7. The lowest BCUT2D eigenvalue weighted by Gasteiger charge is -2.40. The van der Waals surface area contributed by atoms with Gasteiger partial charge in [0.05, 0.1) is 15.8 Å². The SMILES string of the molecule is Cc1cc2c(cc1C(c1ccccc1)(c1ccccc1)c1ccccc1)-c1c(ssc1=S)C(C)(C)N2. The number of fused-ring (bicyclic) bond motifs is 3. The summed E-state index contributed by atoms with van der Waals surface area (Å²) >= 11 is 5.90. The Kier molecular flexibility index (Phi) is 5.71. The minimum Gasteiger partial charge on any atom is -0.375 e. The molecule has 0 amide bonds. The Hall–Kier alpha value is -3.05. The molecule has 0 saturated heterocycles. The molecule has 0 fully saturated rings. The number of nitrogens with one attached hydrogen (secondary N) is 1. The summed E-state index contributed by atoms with van der Waals surface area (Å²) in [6.07, 6.45) is 0. The van der Waals surface area contributed by atoms with Crippen LogP contribution in [0.2, 0.25) is 0 Å². The lowest BCUT2D eigenvalue weighted by molar-refractivity contribution is 0.619. The minimum absolute atomic E-state index is 0.149. The number of hydrogen-bond donors (Lipinski definition) is 1. The monoisotopic (exact) mass is 521 g/mol. The average molecular weight is 522 g/mol. The molecule has 1 N–H and O–H groups in total. The molecule has 0 bridgehead atoms. The average Bonchev–Trinajstić information content (AvgIpc) is 3.30. The Balaban J connectivity index is 1.75. The molecular formula is C32H27NS3. The summed E-state index contributed by atoms with van der Waals surface area (Å²) in [5, 5.41) is 3.82. The van der Waals surface area contributed by atoms with Gasteiger partial charge in [0, 0.05) is 16.8 Å². The van der Waals surface area contributed by atoms with Crippen LogP contribution in [0.15, 0.2) is 103 Å². The van der Waals surface area contributed by atoms with Crippen molar-refractivity contribution in [2.75, 3.05) is 5.32 Å². The van der Waals surface area contributed by atoms with Gasteiger partial charge in [-0.3, -0.25) is 0 Å². The van der Waals surface area contributed by atoms with Gasteiger partial charge in [0.1, 0.15) is 3.82 Å². The van der Waals surface area contributed by atoms with Crippen molar-refractivity contribution >= 4 is 38.6 Å². The van der Waals surface area contributed by atoms with Crippen LogP contribution in [0.4, 0.5) is 5.69 Å². The van der Waals surface area contributed by atoms with E-state index in [1.54, 1.807) is 20.7 Å². The molecule has 1 aromatic heterocycles. The van der Waals surface area contributed by atoms with E-state index in [-0.39, 0.29) is 5.54 Å². The van der Waals surface area contributed by atoms with Crippen LogP contribution in [0.3, 0.4) is 0 Å². The summed E-state index contributed by atoms with van der Waals surface area (Å²) in [5.74, 6) is 0. The second-order valence-corrected chi connectivity index (χ2v) is 12.8. The lowest BCUT2D eigenvalue weighted by Crippen LogP contribution is -2.33. The van der Waals surface area contributed by atoms with Gasteiger partial charge < -0.3 is 5.32 Å². The molecular weight excluding hydrogens is 495 g/mol. The summed E-state index contributed by atoms with van der Waals surface area (Å²) in [6.45, 7) is 6.74. The maximum absolute atomic E-state index is 5.90. The van der Waals surface area contributed by atoms with Crippen molar-refractivity contribution in [3.8, 4) is 11.1 Å². The van der Waals surface area contributed by atoms with Crippen LogP contribution in [0.5, 0.6) is 0 Å². The van der Waals surface area contributed by atoms with Gasteiger partial charge in [0.15, 0.2) is 0 Å².